The minimum atomic E-state index is -1.09. The van der Waals surface area contributed by atoms with Crippen LogP contribution >= 0.6 is 0 Å². The standard InChI is InChI=1S/C13H25NO4/c1-6-17-9-8-14(5)10-11(15)13(3,4)12(16)18-7-2/h6-10H2,1-5H3. The van der Waals surface area contributed by atoms with Crippen LogP contribution in [-0.2, 0) is 19.1 Å². The highest BCUT2D eigenvalue weighted by Gasteiger charge is 2.37. The molecule has 0 heterocycles. The van der Waals surface area contributed by atoms with Gasteiger partial charge in [0.1, 0.15) is 5.41 Å². The van der Waals surface area contributed by atoms with Crippen LogP contribution in [-0.4, -0.2) is 56.6 Å². The Kier molecular flexibility index (Phi) is 7.78. The number of ketones is 1. The molecule has 0 saturated heterocycles. The average molecular weight is 259 g/mol. The van der Waals surface area contributed by atoms with Crippen molar-refractivity contribution in [1.29, 1.82) is 0 Å². The zero-order chi connectivity index (χ0) is 14.2. The maximum absolute atomic E-state index is 12.0. The molecule has 0 bridgehead atoms. The lowest BCUT2D eigenvalue weighted by Crippen LogP contribution is -2.42. The highest BCUT2D eigenvalue weighted by molar-refractivity contribution is 6.03. The summed E-state index contributed by atoms with van der Waals surface area (Å²) < 4.78 is 10.1. The zero-order valence-corrected chi connectivity index (χ0v) is 12.1. The van der Waals surface area contributed by atoms with E-state index in [0.29, 0.717) is 19.8 Å². The second kappa shape index (κ2) is 8.21. The second-order valence-corrected chi connectivity index (χ2v) is 4.70. The number of hydrogen-bond acceptors (Lipinski definition) is 5. The smallest absolute Gasteiger partial charge is 0.319 e. The highest BCUT2D eigenvalue weighted by Crippen LogP contribution is 2.19. The minimum Gasteiger partial charge on any atom is -0.465 e. The molecule has 0 aromatic heterocycles. The van der Waals surface area contributed by atoms with Crippen LogP contribution in [0.25, 0.3) is 0 Å². The van der Waals surface area contributed by atoms with Crippen LogP contribution in [0.15, 0.2) is 0 Å². The maximum Gasteiger partial charge on any atom is 0.319 e. The molecule has 0 aromatic rings. The number of likely N-dealkylation sites (N-methyl/N-ethyl adjacent to an activating group) is 1. The van der Waals surface area contributed by atoms with Crippen LogP contribution in [0.5, 0.6) is 0 Å². The number of ether oxygens (including phenoxy) is 2. The van der Waals surface area contributed by atoms with E-state index in [1.807, 2.05) is 18.9 Å². The van der Waals surface area contributed by atoms with Crippen LogP contribution in [0, 0.1) is 5.41 Å². The molecule has 18 heavy (non-hydrogen) atoms. The van der Waals surface area contributed by atoms with Gasteiger partial charge in [-0.15, -0.1) is 0 Å². The van der Waals surface area contributed by atoms with Gasteiger partial charge in [0.05, 0.1) is 19.8 Å². The fourth-order valence-electron chi connectivity index (χ4n) is 1.31. The van der Waals surface area contributed by atoms with E-state index in [4.69, 9.17) is 9.47 Å². The predicted molar refractivity (Wildman–Crippen MR) is 69.4 cm³/mol. The fourth-order valence-corrected chi connectivity index (χ4v) is 1.31. The first-order valence-corrected chi connectivity index (χ1v) is 6.33. The van der Waals surface area contributed by atoms with Crippen molar-refractivity contribution in [1.82, 2.24) is 4.90 Å². The van der Waals surface area contributed by atoms with Gasteiger partial charge in [0, 0.05) is 13.2 Å². The molecule has 0 atom stereocenters. The first-order chi connectivity index (χ1) is 8.36. The summed E-state index contributed by atoms with van der Waals surface area (Å²) in [5.74, 6) is -0.604. The summed E-state index contributed by atoms with van der Waals surface area (Å²) in [4.78, 5) is 25.5. The Balaban J connectivity index is 4.24. The lowest BCUT2D eigenvalue weighted by atomic mass is 9.88. The molecule has 0 aliphatic rings. The summed E-state index contributed by atoms with van der Waals surface area (Å²) in [5, 5.41) is 0. The minimum absolute atomic E-state index is 0.139. The SMILES string of the molecule is CCOCCN(C)CC(=O)C(C)(C)C(=O)OCC. The summed E-state index contributed by atoms with van der Waals surface area (Å²) in [5.41, 5.74) is -1.09. The van der Waals surface area contributed by atoms with E-state index in [0.717, 1.165) is 0 Å². The van der Waals surface area contributed by atoms with E-state index >= 15 is 0 Å². The van der Waals surface area contributed by atoms with Gasteiger partial charge in [0.2, 0.25) is 0 Å². The molecule has 0 spiro atoms. The van der Waals surface area contributed by atoms with Gasteiger partial charge in [-0.2, -0.15) is 0 Å². The van der Waals surface area contributed by atoms with Crippen LogP contribution < -0.4 is 0 Å². The zero-order valence-electron chi connectivity index (χ0n) is 12.1. The van der Waals surface area contributed by atoms with E-state index in [1.54, 1.807) is 20.8 Å². The molecule has 5 heteroatoms. The third kappa shape index (κ3) is 5.60. The molecule has 0 saturated carbocycles. The summed E-state index contributed by atoms with van der Waals surface area (Å²) in [7, 11) is 1.83. The molecule has 0 unspecified atom stereocenters. The number of hydrogen-bond donors (Lipinski definition) is 0. The van der Waals surface area contributed by atoms with E-state index in [-0.39, 0.29) is 18.9 Å². The van der Waals surface area contributed by atoms with Crippen molar-refractivity contribution in [2.75, 3.05) is 40.0 Å². The quantitative estimate of drug-likeness (QED) is 0.353. The first kappa shape index (κ1) is 17.1. The summed E-state index contributed by atoms with van der Waals surface area (Å²) in [6.07, 6.45) is 0. The van der Waals surface area contributed by atoms with Gasteiger partial charge >= 0.3 is 5.97 Å². The third-order valence-electron chi connectivity index (χ3n) is 2.72. The Bertz CT molecular complexity index is 276. The molecule has 0 aliphatic heterocycles. The third-order valence-corrected chi connectivity index (χ3v) is 2.72. The molecule has 0 aliphatic carbocycles. The Labute approximate surface area is 109 Å². The van der Waals surface area contributed by atoms with Gasteiger partial charge in [-0.1, -0.05) is 0 Å². The Morgan fingerprint density at radius 3 is 2.28 bits per heavy atom. The molecule has 5 nitrogen and oxygen atoms in total. The highest BCUT2D eigenvalue weighted by atomic mass is 16.5. The van der Waals surface area contributed by atoms with Crippen molar-refractivity contribution >= 4 is 11.8 Å². The number of Topliss-reactive ketones (excluding diaryl/α,β-unsaturated/α-hetero) is 1. The summed E-state index contributed by atoms with van der Waals surface area (Å²) in [6.45, 7) is 9.28. The largest absolute Gasteiger partial charge is 0.465 e. The number of nitrogens with zero attached hydrogens (tertiary/aromatic N) is 1. The van der Waals surface area contributed by atoms with E-state index in [2.05, 4.69) is 0 Å². The molecule has 0 fully saturated rings. The van der Waals surface area contributed by atoms with Crippen molar-refractivity contribution in [3.05, 3.63) is 0 Å². The number of rotatable bonds is 9. The van der Waals surface area contributed by atoms with Crippen molar-refractivity contribution in [3.8, 4) is 0 Å². The van der Waals surface area contributed by atoms with Gasteiger partial charge in [-0.25, -0.2) is 0 Å². The summed E-state index contributed by atoms with van der Waals surface area (Å²) >= 11 is 0. The number of esters is 1. The monoisotopic (exact) mass is 259 g/mol. The van der Waals surface area contributed by atoms with Gasteiger partial charge < -0.3 is 9.47 Å². The fraction of sp³-hybridized carbons (Fsp3) is 0.846. The molecule has 0 aromatic carbocycles. The van der Waals surface area contributed by atoms with E-state index in [9.17, 15) is 9.59 Å². The van der Waals surface area contributed by atoms with Crippen LogP contribution in [0.1, 0.15) is 27.7 Å². The van der Waals surface area contributed by atoms with E-state index in [1.165, 1.54) is 0 Å². The lowest BCUT2D eigenvalue weighted by molar-refractivity contribution is -0.158. The van der Waals surface area contributed by atoms with Crippen LogP contribution in [0.3, 0.4) is 0 Å². The second-order valence-electron chi connectivity index (χ2n) is 4.70. The Hall–Kier alpha value is -0.940. The predicted octanol–water partition coefficient (Wildman–Crippen LogP) is 1.11. The Morgan fingerprint density at radius 1 is 1.17 bits per heavy atom. The molecular weight excluding hydrogens is 234 g/mol. The molecule has 106 valence electrons. The average Bonchev–Trinajstić information content (AvgIpc) is 2.29. The molecule has 0 N–H and O–H groups in total. The lowest BCUT2D eigenvalue weighted by Gasteiger charge is -2.24. The first-order valence-electron chi connectivity index (χ1n) is 6.33. The maximum atomic E-state index is 12.0. The Morgan fingerprint density at radius 2 is 1.78 bits per heavy atom. The summed E-state index contributed by atoms with van der Waals surface area (Å²) in [6, 6.07) is 0. The number of carbonyl (C=O) groups excluding carboxylic acids is 2. The van der Waals surface area contributed by atoms with Crippen LogP contribution in [0.2, 0.25) is 0 Å². The molecule has 0 rings (SSSR count). The van der Waals surface area contributed by atoms with Crippen LogP contribution in [0.4, 0.5) is 0 Å². The van der Waals surface area contributed by atoms with Crippen molar-refractivity contribution < 1.29 is 19.1 Å². The molecule has 0 radical (unpaired) electrons. The number of carbonyl (C=O) groups is 2. The van der Waals surface area contributed by atoms with E-state index < -0.39 is 11.4 Å². The van der Waals surface area contributed by atoms with Crippen molar-refractivity contribution in [2.24, 2.45) is 5.41 Å². The normalized spacial score (nSPS) is 11.7. The molecule has 0 amide bonds. The van der Waals surface area contributed by atoms with Gasteiger partial charge in [0.15, 0.2) is 5.78 Å². The van der Waals surface area contributed by atoms with Crippen molar-refractivity contribution in [3.63, 3.8) is 0 Å². The van der Waals surface area contributed by atoms with Crippen molar-refractivity contribution in [2.45, 2.75) is 27.7 Å². The van der Waals surface area contributed by atoms with Gasteiger partial charge in [-0.3, -0.25) is 14.5 Å². The van der Waals surface area contributed by atoms with Gasteiger partial charge in [-0.05, 0) is 34.7 Å². The van der Waals surface area contributed by atoms with Gasteiger partial charge in [0.25, 0.3) is 0 Å². The topological polar surface area (TPSA) is 55.8 Å². The molecular formula is C13H25NO4.